The summed E-state index contributed by atoms with van der Waals surface area (Å²) >= 11 is 0. The predicted octanol–water partition coefficient (Wildman–Crippen LogP) is 3.27. The summed E-state index contributed by atoms with van der Waals surface area (Å²) in [6.07, 6.45) is 0.349. The number of ether oxygens (including phenoxy) is 2. The Morgan fingerprint density at radius 3 is 2.74 bits per heavy atom. The Morgan fingerprint density at radius 1 is 1.17 bits per heavy atom. The SMILES string of the molecule is CC1CN(C(=O)CCOc2ccccc2)Cc2ccccc2O1. The van der Waals surface area contributed by atoms with E-state index >= 15 is 0 Å². The van der Waals surface area contributed by atoms with Crippen molar-refractivity contribution in [1.29, 1.82) is 0 Å². The average molecular weight is 311 g/mol. The largest absolute Gasteiger partial charge is 0.493 e. The zero-order chi connectivity index (χ0) is 16.1. The molecule has 120 valence electrons. The molecule has 1 aliphatic heterocycles. The number of rotatable bonds is 4. The first-order valence-corrected chi connectivity index (χ1v) is 7.92. The van der Waals surface area contributed by atoms with Gasteiger partial charge in [-0.15, -0.1) is 0 Å². The Morgan fingerprint density at radius 2 is 1.91 bits per heavy atom. The number of nitrogens with zero attached hydrogens (tertiary/aromatic N) is 1. The number of amides is 1. The van der Waals surface area contributed by atoms with Crippen molar-refractivity contribution in [2.24, 2.45) is 0 Å². The molecule has 4 nitrogen and oxygen atoms in total. The van der Waals surface area contributed by atoms with Gasteiger partial charge in [0.05, 0.1) is 19.6 Å². The van der Waals surface area contributed by atoms with E-state index in [0.717, 1.165) is 17.1 Å². The molecule has 1 unspecified atom stereocenters. The molecule has 0 fully saturated rings. The Balaban J connectivity index is 1.58. The van der Waals surface area contributed by atoms with Crippen LogP contribution in [0.1, 0.15) is 18.9 Å². The highest BCUT2D eigenvalue weighted by atomic mass is 16.5. The van der Waals surface area contributed by atoms with Crippen molar-refractivity contribution >= 4 is 5.91 Å². The minimum Gasteiger partial charge on any atom is -0.493 e. The molecule has 0 radical (unpaired) electrons. The van der Waals surface area contributed by atoms with Crippen molar-refractivity contribution in [3.8, 4) is 11.5 Å². The van der Waals surface area contributed by atoms with Crippen LogP contribution < -0.4 is 9.47 Å². The second-order valence-electron chi connectivity index (χ2n) is 5.72. The molecule has 3 rings (SSSR count). The van der Waals surface area contributed by atoms with Crippen LogP contribution in [0.2, 0.25) is 0 Å². The van der Waals surface area contributed by atoms with E-state index in [1.54, 1.807) is 0 Å². The van der Waals surface area contributed by atoms with Crippen LogP contribution in [0, 0.1) is 0 Å². The summed E-state index contributed by atoms with van der Waals surface area (Å²) in [5.41, 5.74) is 1.05. The fourth-order valence-corrected chi connectivity index (χ4v) is 2.70. The normalized spacial score (nSPS) is 16.9. The monoisotopic (exact) mass is 311 g/mol. The molecule has 0 N–H and O–H groups in total. The summed E-state index contributed by atoms with van der Waals surface area (Å²) in [5.74, 6) is 1.75. The Hall–Kier alpha value is -2.49. The summed E-state index contributed by atoms with van der Waals surface area (Å²) < 4.78 is 11.5. The number of hydrogen-bond donors (Lipinski definition) is 0. The molecule has 1 heterocycles. The van der Waals surface area contributed by atoms with Crippen LogP contribution in [0.5, 0.6) is 11.5 Å². The lowest BCUT2D eigenvalue weighted by molar-refractivity contribution is -0.133. The Bertz CT molecular complexity index is 657. The number of fused-ring (bicyclic) bond motifs is 1. The number of para-hydroxylation sites is 2. The highest BCUT2D eigenvalue weighted by molar-refractivity contribution is 5.76. The van der Waals surface area contributed by atoms with Crippen molar-refractivity contribution in [3.63, 3.8) is 0 Å². The standard InChI is InChI=1S/C19H21NO3/c1-15-13-20(14-16-7-5-6-10-18(16)23-15)19(21)11-12-22-17-8-3-2-4-9-17/h2-10,15H,11-14H2,1H3. The lowest BCUT2D eigenvalue weighted by Gasteiger charge is -2.22. The Kier molecular flexibility index (Phi) is 4.81. The molecule has 23 heavy (non-hydrogen) atoms. The zero-order valence-electron chi connectivity index (χ0n) is 13.3. The van der Waals surface area contributed by atoms with E-state index in [0.29, 0.717) is 26.1 Å². The molecule has 0 saturated heterocycles. The molecule has 1 amide bonds. The van der Waals surface area contributed by atoms with Gasteiger partial charge in [0.15, 0.2) is 0 Å². The second-order valence-corrected chi connectivity index (χ2v) is 5.72. The van der Waals surface area contributed by atoms with E-state index in [4.69, 9.17) is 9.47 Å². The van der Waals surface area contributed by atoms with Crippen molar-refractivity contribution in [2.45, 2.75) is 26.0 Å². The molecule has 0 spiro atoms. The number of carbonyl (C=O) groups excluding carboxylic acids is 1. The van der Waals surface area contributed by atoms with E-state index in [1.165, 1.54) is 0 Å². The lowest BCUT2D eigenvalue weighted by atomic mass is 10.2. The minimum absolute atomic E-state index is 0.0161. The van der Waals surface area contributed by atoms with Gasteiger partial charge in [0.25, 0.3) is 0 Å². The van der Waals surface area contributed by atoms with Gasteiger partial charge in [-0.25, -0.2) is 0 Å². The Labute approximate surface area is 136 Å². The van der Waals surface area contributed by atoms with Crippen LogP contribution in [0.4, 0.5) is 0 Å². The number of hydrogen-bond acceptors (Lipinski definition) is 3. The summed E-state index contributed by atoms with van der Waals surface area (Å²) in [4.78, 5) is 14.3. The molecule has 0 aliphatic carbocycles. The zero-order valence-corrected chi connectivity index (χ0v) is 13.3. The third-order valence-corrected chi connectivity index (χ3v) is 3.82. The third-order valence-electron chi connectivity index (χ3n) is 3.82. The maximum atomic E-state index is 12.5. The average Bonchev–Trinajstić information content (AvgIpc) is 2.73. The molecule has 1 atom stereocenters. The van der Waals surface area contributed by atoms with Crippen molar-refractivity contribution < 1.29 is 14.3 Å². The van der Waals surface area contributed by atoms with E-state index < -0.39 is 0 Å². The van der Waals surface area contributed by atoms with Gasteiger partial charge in [-0.2, -0.15) is 0 Å². The summed E-state index contributed by atoms with van der Waals surface area (Å²) in [7, 11) is 0. The van der Waals surface area contributed by atoms with Gasteiger partial charge in [-0.05, 0) is 25.1 Å². The lowest BCUT2D eigenvalue weighted by Crippen LogP contribution is -2.36. The molecule has 2 aromatic carbocycles. The number of benzene rings is 2. The molecule has 1 aliphatic rings. The van der Waals surface area contributed by atoms with Crippen molar-refractivity contribution in [1.82, 2.24) is 4.90 Å². The fourth-order valence-electron chi connectivity index (χ4n) is 2.70. The minimum atomic E-state index is -0.0161. The van der Waals surface area contributed by atoms with Crippen LogP contribution in [0.3, 0.4) is 0 Å². The van der Waals surface area contributed by atoms with Gasteiger partial charge in [-0.1, -0.05) is 36.4 Å². The fraction of sp³-hybridized carbons (Fsp3) is 0.316. The maximum absolute atomic E-state index is 12.5. The van der Waals surface area contributed by atoms with Crippen LogP contribution in [-0.4, -0.2) is 30.1 Å². The van der Waals surface area contributed by atoms with Gasteiger partial charge < -0.3 is 14.4 Å². The second kappa shape index (κ2) is 7.18. The highest BCUT2D eigenvalue weighted by Gasteiger charge is 2.23. The third kappa shape index (κ3) is 4.03. The van der Waals surface area contributed by atoms with E-state index in [2.05, 4.69) is 0 Å². The smallest absolute Gasteiger partial charge is 0.226 e. The highest BCUT2D eigenvalue weighted by Crippen LogP contribution is 2.25. The molecule has 0 saturated carbocycles. The van der Waals surface area contributed by atoms with E-state index in [1.807, 2.05) is 66.4 Å². The van der Waals surface area contributed by atoms with Gasteiger partial charge in [0.2, 0.25) is 5.91 Å². The molecule has 4 heteroatoms. The van der Waals surface area contributed by atoms with E-state index in [-0.39, 0.29) is 12.0 Å². The molecule has 0 bridgehead atoms. The van der Waals surface area contributed by atoms with Crippen LogP contribution in [0.25, 0.3) is 0 Å². The molecular weight excluding hydrogens is 290 g/mol. The van der Waals surface area contributed by atoms with Crippen molar-refractivity contribution in [2.75, 3.05) is 13.2 Å². The predicted molar refractivity (Wildman–Crippen MR) is 88.5 cm³/mol. The number of carbonyl (C=O) groups is 1. The summed E-state index contributed by atoms with van der Waals surface area (Å²) in [5, 5.41) is 0. The van der Waals surface area contributed by atoms with Gasteiger partial charge >= 0.3 is 0 Å². The first kappa shape index (κ1) is 15.4. The summed E-state index contributed by atoms with van der Waals surface area (Å²) in [6.45, 7) is 3.56. The molecule has 0 aromatic heterocycles. The summed E-state index contributed by atoms with van der Waals surface area (Å²) in [6, 6.07) is 17.4. The topological polar surface area (TPSA) is 38.8 Å². The maximum Gasteiger partial charge on any atom is 0.226 e. The first-order valence-electron chi connectivity index (χ1n) is 7.92. The molecular formula is C19H21NO3. The van der Waals surface area contributed by atoms with Gasteiger partial charge in [0, 0.05) is 12.1 Å². The first-order chi connectivity index (χ1) is 11.2. The quantitative estimate of drug-likeness (QED) is 0.870. The van der Waals surface area contributed by atoms with Crippen LogP contribution in [-0.2, 0) is 11.3 Å². The van der Waals surface area contributed by atoms with Crippen LogP contribution in [0.15, 0.2) is 54.6 Å². The molecule has 2 aromatic rings. The van der Waals surface area contributed by atoms with Gasteiger partial charge in [-0.3, -0.25) is 4.79 Å². The van der Waals surface area contributed by atoms with E-state index in [9.17, 15) is 4.79 Å². The van der Waals surface area contributed by atoms with Crippen LogP contribution >= 0.6 is 0 Å². The van der Waals surface area contributed by atoms with Gasteiger partial charge in [0.1, 0.15) is 17.6 Å². The van der Waals surface area contributed by atoms with Crippen molar-refractivity contribution in [3.05, 3.63) is 60.2 Å².